The van der Waals surface area contributed by atoms with E-state index in [9.17, 15) is 0 Å². The van der Waals surface area contributed by atoms with Crippen LogP contribution in [0.2, 0.25) is 0 Å². The Morgan fingerprint density at radius 2 is 2.32 bits per heavy atom. The van der Waals surface area contributed by atoms with Gasteiger partial charge in [-0.3, -0.25) is 9.58 Å². The molecule has 0 N–H and O–H groups in total. The fourth-order valence-corrected chi connectivity index (χ4v) is 4.73. The summed E-state index contributed by atoms with van der Waals surface area (Å²) in [5, 5.41) is 9.77. The third-order valence-corrected chi connectivity index (χ3v) is 6.05. The van der Waals surface area contributed by atoms with E-state index in [2.05, 4.69) is 39.1 Å². The molecule has 0 aliphatic carbocycles. The average Bonchev–Trinajstić information content (AvgIpc) is 3.26. The second-order valence-corrected chi connectivity index (χ2v) is 7.50. The van der Waals surface area contributed by atoms with Gasteiger partial charge in [-0.05, 0) is 30.8 Å². The van der Waals surface area contributed by atoms with Gasteiger partial charge >= 0.3 is 0 Å². The molecule has 6 heteroatoms. The summed E-state index contributed by atoms with van der Waals surface area (Å²) in [6.45, 7) is 2.08. The molecular formula is C16H18N4S2. The first-order chi connectivity index (χ1) is 10.8. The van der Waals surface area contributed by atoms with Crippen molar-refractivity contribution in [3.63, 3.8) is 0 Å². The SMILES string of the molecule is Cn1cc(C2CCCN2Cc2csc(-c3cccs3)n2)cn1. The summed E-state index contributed by atoms with van der Waals surface area (Å²) in [5.41, 5.74) is 2.51. The lowest BCUT2D eigenvalue weighted by molar-refractivity contribution is 0.246. The quantitative estimate of drug-likeness (QED) is 0.726. The summed E-state index contributed by atoms with van der Waals surface area (Å²) in [6, 6.07) is 4.71. The van der Waals surface area contributed by atoms with Crippen molar-refractivity contribution in [3.8, 4) is 9.88 Å². The highest BCUT2D eigenvalue weighted by Gasteiger charge is 2.27. The van der Waals surface area contributed by atoms with Crippen LogP contribution in [-0.2, 0) is 13.6 Å². The molecule has 3 aromatic heterocycles. The molecule has 0 spiro atoms. The minimum absolute atomic E-state index is 0.487. The van der Waals surface area contributed by atoms with Crippen LogP contribution in [0.25, 0.3) is 9.88 Å². The molecule has 1 aliphatic heterocycles. The van der Waals surface area contributed by atoms with Crippen LogP contribution in [-0.4, -0.2) is 26.2 Å². The number of rotatable bonds is 4. The molecule has 0 bridgehead atoms. The lowest BCUT2D eigenvalue weighted by atomic mass is 10.1. The van der Waals surface area contributed by atoms with Gasteiger partial charge in [-0.15, -0.1) is 22.7 Å². The zero-order chi connectivity index (χ0) is 14.9. The Hall–Kier alpha value is -1.50. The molecule has 1 saturated heterocycles. The van der Waals surface area contributed by atoms with Gasteiger partial charge in [0.1, 0.15) is 5.01 Å². The molecule has 0 saturated carbocycles. The van der Waals surface area contributed by atoms with Crippen molar-refractivity contribution in [3.05, 3.63) is 46.5 Å². The highest BCUT2D eigenvalue weighted by Crippen LogP contribution is 2.34. The van der Waals surface area contributed by atoms with Gasteiger partial charge in [0.15, 0.2) is 0 Å². The summed E-state index contributed by atoms with van der Waals surface area (Å²) in [5.74, 6) is 0. The normalized spacial score (nSPS) is 19.0. The minimum Gasteiger partial charge on any atom is -0.290 e. The fourth-order valence-electron chi connectivity index (χ4n) is 3.11. The highest BCUT2D eigenvalue weighted by molar-refractivity contribution is 7.20. The maximum Gasteiger partial charge on any atom is 0.133 e. The van der Waals surface area contributed by atoms with Crippen LogP contribution in [0.1, 0.15) is 30.1 Å². The van der Waals surface area contributed by atoms with Crippen LogP contribution in [0.15, 0.2) is 35.3 Å². The first kappa shape index (κ1) is 14.1. The van der Waals surface area contributed by atoms with Crippen LogP contribution in [0, 0.1) is 0 Å². The lowest BCUT2D eigenvalue weighted by Gasteiger charge is -2.22. The summed E-state index contributed by atoms with van der Waals surface area (Å²) >= 11 is 3.50. The maximum atomic E-state index is 4.82. The molecule has 4 nitrogen and oxygen atoms in total. The number of aryl methyl sites for hydroxylation is 1. The largest absolute Gasteiger partial charge is 0.290 e. The molecule has 3 aromatic rings. The van der Waals surface area contributed by atoms with Crippen LogP contribution in [0.4, 0.5) is 0 Å². The van der Waals surface area contributed by atoms with E-state index >= 15 is 0 Å². The second-order valence-electron chi connectivity index (χ2n) is 5.70. The summed E-state index contributed by atoms with van der Waals surface area (Å²) < 4.78 is 1.89. The smallest absolute Gasteiger partial charge is 0.133 e. The summed E-state index contributed by atoms with van der Waals surface area (Å²) in [6.07, 6.45) is 6.61. The maximum absolute atomic E-state index is 4.82. The molecule has 0 radical (unpaired) electrons. The van der Waals surface area contributed by atoms with E-state index in [0.717, 1.165) is 18.1 Å². The third kappa shape index (κ3) is 2.74. The first-order valence-corrected chi connectivity index (χ1v) is 9.26. The van der Waals surface area contributed by atoms with Crippen LogP contribution >= 0.6 is 22.7 Å². The number of thiophene rings is 1. The topological polar surface area (TPSA) is 34.0 Å². The molecule has 0 amide bonds. The number of aromatic nitrogens is 3. The summed E-state index contributed by atoms with van der Waals surface area (Å²) in [4.78, 5) is 8.61. The van der Waals surface area contributed by atoms with Gasteiger partial charge in [0, 0.05) is 36.8 Å². The van der Waals surface area contributed by atoms with Crippen molar-refractivity contribution in [2.75, 3.05) is 6.54 Å². The van der Waals surface area contributed by atoms with Crippen molar-refractivity contribution in [1.82, 2.24) is 19.7 Å². The molecule has 22 heavy (non-hydrogen) atoms. The van der Waals surface area contributed by atoms with E-state index in [4.69, 9.17) is 4.98 Å². The van der Waals surface area contributed by atoms with Gasteiger partial charge in [0.2, 0.25) is 0 Å². The third-order valence-electron chi connectivity index (χ3n) is 4.12. The Morgan fingerprint density at radius 1 is 1.36 bits per heavy atom. The van der Waals surface area contributed by atoms with E-state index in [0.29, 0.717) is 6.04 Å². The number of hydrogen-bond donors (Lipinski definition) is 0. The molecule has 4 rings (SSSR count). The van der Waals surface area contributed by atoms with Gasteiger partial charge in [0.05, 0.1) is 16.8 Å². The Morgan fingerprint density at radius 3 is 3.09 bits per heavy atom. The predicted octanol–water partition coefficient (Wildman–Crippen LogP) is 3.94. The Kier molecular flexibility index (Phi) is 3.82. The first-order valence-electron chi connectivity index (χ1n) is 7.50. The fraction of sp³-hybridized carbons (Fsp3) is 0.375. The van der Waals surface area contributed by atoms with Gasteiger partial charge < -0.3 is 0 Å². The van der Waals surface area contributed by atoms with Crippen LogP contribution in [0.3, 0.4) is 0 Å². The van der Waals surface area contributed by atoms with Gasteiger partial charge in [0.25, 0.3) is 0 Å². The molecule has 1 atom stereocenters. The number of likely N-dealkylation sites (tertiary alicyclic amines) is 1. The molecule has 0 aromatic carbocycles. The number of nitrogens with zero attached hydrogens (tertiary/aromatic N) is 4. The molecule has 1 aliphatic rings. The minimum atomic E-state index is 0.487. The van der Waals surface area contributed by atoms with E-state index in [1.807, 2.05) is 17.9 Å². The lowest BCUT2D eigenvalue weighted by Crippen LogP contribution is -2.22. The molecule has 4 heterocycles. The Balaban J connectivity index is 1.50. The molecular weight excluding hydrogens is 312 g/mol. The van der Waals surface area contributed by atoms with Gasteiger partial charge in [-0.25, -0.2) is 4.98 Å². The molecule has 1 fully saturated rings. The van der Waals surface area contributed by atoms with Crippen molar-refractivity contribution in [1.29, 1.82) is 0 Å². The van der Waals surface area contributed by atoms with E-state index < -0.39 is 0 Å². The Bertz CT molecular complexity index is 744. The van der Waals surface area contributed by atoms with E-state index in [-0.39, 0.29) is 0 Å². The monoisotopic (exact) mass is 330 g/mol. The Labute approximate surface area is 138 Å². The predicted molar refractivity (Wildman–Crippen MR) is 91.0 cm³/mol. The van der Waals surface area contributed by atoms with E-state index in [1.54, 1.807) is 22.7 Å². The van der Waals surface area contributed by atoms with Gasteiger partial charge in [-0.1, -0.05) is 6.07 Å². The van der Waals surface area contributed by atoms with Crippen LogP contribution < -0.4 is 0 Å². The zero-order valence-electron chi connectivity index (χ0n) is 12.5. The second kappa shape index (κ2) is 5.95. The number of thiazole rings is 1. The highest BCUT2D eigenvalue weighted by atomic mass is 32.1. The van der Waals surface area contributed by atoms with Crippen LogP contribution in [0.5, 0.6) is 0 Å². The van der Waals surface area contributed by atoms with Crippen molar-refractivity contribution >= 4 is 22.7 Å². The average molecular weight is 330 g/mol. The standard InChI is InChI=1S/C16H18N4S2/c1-19-9-12(8-17-19)14-4-2-6-20(14)10-13-11-22-16(18-13)15-5-3-7-21-15/h3,5,7-9,11,14H,2,4,6,10H2,1H3. The molecule has 114 valence electrons. The van der Waals surface area contributed by atoms with Crippen molar-refractivity contribution in [2.45, 2.75) is 25.4 Å². The molecule has 1 unspecified atom stereocenters. The zero-order valence-corrected chi connectivity index (χ0v) is 14.1. The van der Waals surface area contributed by atoms with Crippen molar-refractivity contribution in [2.24, 2.45) is 7.05 Å². The van der Waals surface area contributed by atoms with Crippen molar-refractivity contribution < 1.29 is 0 Å². The summed E-state index contributed by atoms with van der Waals surface area (Å²) in [7, 11) is 1.98. The number of hydrogen-bond acceptors (Lipinski definition) is 5. The van der Waals surface area contributed by atoms with Gasteiger partial charge in [-0.2, -0.15) is 5.10 Å². The van der Waals surface area contributed by atoms with E-state index in [1.165, 1.54) is 29.0 Å².